The molecule has 0 aliphatic carbocycles. The Bertz CT molecular complexity index is 1820. The predicted molar refractivity (Wildman–Crippen MR) is 200 cm³/mol. The van der Waals surface area contributed by atoms with Gasteiger partial charge in [0.2, 0.25) is 0 Å². The van der Waals surface area contributed by atoms with Crippen molar-refractivity contribution in [3.63, 3.8) is 0 Å². The molecular formula is C43H50SiZr-4. The van der Waals surface area contributed by atoms with Crippen LogP contribution in [0.4, 0.5) is 0 Å². The average molecular weight is 686 g/mol. The third kappa shape index (κ3) is 8.33. The second kappa shape index (κ2) is 16.2. The van der Waals surface area contributed by atoms with E-state index < -0.39 is 0 Å². The quantitative estimate of drug-likeness (QED) is 0.128. The van der Waals surface area contributed by atoms with E-state index in [1.165, 1.54) is 101 Å². The van der Waals surface area contributed by atoms with Gasteiger partial charge in [0, 0.05) is 0 Å². The Labute approximate surface area is 291 Å². The minimum absolute atomic E-state index is 0. The fourth-order valence-electron chi connectivity index (χ4n) is 6.01. The first-order valence-corrected chi connectivity index (χ1v) is 19.4. The van der Waals surface area contributed by atoms with Crippen LogP contribution in [0.3, 0.4) is 0 Å². The number of aryl methyl sites for hydroxylation is 2. The molecule has 0 unspecified atom stereocenters. The zero-order valence-corrected chi connectivity index (χ0v) is 32.8. The van der Waals surface area contributed by atoms with E-state index in [0.29, 0.717) is 5.92 Å². The van der Waals surface area contributed by atoms with Gasteiger partial charge < -0.3 is 14.9 Å². The van der Waals surface area contributed by atoms with E-state index in [1.54, 1.807) is 0 Å². The van der Waals surface area contributed by atoms with Crippen molar-refractivity contribution in [1.82, 2.24) is 0 Å². The third-order valence-corrected chi connectivity index (χ3v) is 8.77. The van der Waals surface area contributed by atoms with Gasteiger partial charge in [-0.25, -0.2) is 0 Å². The molecule has 0 saturated carbocycles. The molecule has 0 amide bonds. The van der Waals surface area contributed by atoms with Gasteiger partial charge in [-0.05, 0) is 41.9 Å². The molecule has 6 aromatic carbocycles. The monoisotopic (exact) mass is 684 g/mol. The van der Waals surface area contributed by atoms with E-state index >= 15 is 0 Å². The Morgan fingerprint density at radius 1 is 0.644 bits per heavy atom. The molecule has 0 nitrogen and oxygen atoms in total. The summed E-state index contributed by atoms with van der Waals surface area (Å²) in [7, 11) is 0. The molecule has 0 aliphatic rings. The molecule has 2 heteroatoms. The first-order chi connectivity index (χ1) is 20.5. The van der Waals surface area contributed by atoms with Crippen LogP contribution in [0.15, 0.2) is 97.1 Å². The Kier molecular flexibility index (Phi) is 13.8. The van der Waals surface area contributed by atoms with E-state index in [-0.39, 0.29) is 20.3 Å². The number of benzene rings is 4. The van der Waals surface area contributed by atoms with E-state index in [4.69, 9.17) is 0 Å². The van der Waals surface area contributed by atoms with Gasteiger partial charge in [-0.1, -0.05) is 131 Å². The van der Waals surface area contributed by atoms with Gasteiger partial charge in [0.25, 0.3) is 0 Å². The average Bonchev–Trinajstić information content (AvgIpc) is 3.62. The number of fused-ring (bicyclic) bond motifs is 2. The van der Waals surface area contributed by atoms with Crippen molar-refractivity contribution in [2.75, 3.05) is 0 Å². The number of hydrogen-bond donors (Lipinski definition) is 0. The van der Waals surface area contributed by atoms with Crippen LogP contribution in [0, 0.1) is 42.5 Å². The van der Waals surface area contributed by atoms with E-state index in [9.17, 15) is 0 Å². The van der Waals surface area contributed by atoms with Crippen LogP contribution in [-0.4, -0.2) is 6.88 Å². The molecule has 45 heavy (non-hydrogen) atoms. The van der Waals surface area contributed by atoms with Crippen molar-refractivity contribution in [3.05, 3.63) is 145 Å². The second-order valence-electron chi connectivity index (χ2n) is 13.1. The SMILES string of the molecule is CC(C)c1cc2c(-c3ccccc3)cccc2[cH-]1.Cc1cc2c(-c3ccc(C(C)(C)C)cc3)c(C)c(C)c(C)c2[cH-]1.[CH3-].[CH3-].[Si]=[Zr]. The van der Waals surface area contributed by atoms with Gasteiger partial charge in [0.05, 0.1) is 0 Å². The first-order valence-electron chi connectivity index (χ1n) is 15.2. The van der Waals surface area contributed by atoms with Gasteiger partial charge in [-0.15, -0.1) is 62.5 Å². The van der Waals surface area contributed by atoms with Crippen LogP contribution in [-0.2, 0) is 28.8 Å². The second-order valence-corrected chi connectivity index (χ2v) is 13.1. The van der Waals surface area contributed by atoms with Crippen molar-refractivity contribution in [2.24, 2.45) is 0 Å². The van der Waals surface area contributed by atoms with Crippen LogP contribution >= 0.6 is 0 Å². The molecule has 0 saturated heterocycles. The standard InChI is InChI=1S/C23H27.C18H17.2CH3.Si.Zr/c1-14-12-20-16(3)15(2)17(4)22(21(20)13-14)18-8-10-19(11-9-18)23(5,6)7;1-13(2)16-11-15-9-6-10-17(18(15)12-16)14-7-4-3-5-8-14;;;;/h8-13H,1-7H3;3-13H,1-2H3;2*1H3;;/q4*-1;;. The molecule has 0 fully saturated rings. The fourth-order valence-corrected chi connectivity index (χ4v) is 6.01. The maximum absolute atomic E-state index is 3.06. The molecule has 234 valence electrons. The molecule has 6 rings (SSSR count). The maximum atomic E-state index is 3.06. The van der Waals surface area contributed by atoms with Gasteiger partial charge in [0.15, 0.2) is 0 Å². The molecular weight excluding hydrogens is 636 g/mol. The Hall–Kier alpha value is -2.80. The molecule has 6 aromatic rings. The van der Waals surface area contributed by atoms with Crippen molar-refractivity contribution < 1.29 is 23.3 Å². The number of hydrogen-bond acceptors (Lipinski definition) is 0. The molecule has 0 atom stereocenters. The zero-order valence-electron chi connectivity index (χ0n) is 29.3. The summed E-state index contributed by atoms with van der Waals surface area (Å²) in [6.07, 6.45) is 0. The zero-order chi connectivity index (χ0) is 31.5. The fraction of sp³-hybridized carbons (Fsp3) is 0.256. The van der Waals surface area contributed by atoms with Crippen LogP contribution in [0.5, 0.6) is 0 Å². The summed E-state index contributed by atoms with van der Waals surface area (Å²) < 4.78 is 0. The third-order valence-electron chi connectivity index (χ3n) is 8.77. The van der Waals surface area contributed by atoms with Crippen LogP contribution in [0.1, 0.15) is 73.9 Å². The van der Waals surface area contributed by atoms with E-state index in [2.05, 4.69) is 166 Å². The van der Waals surface area contributed by atoms with Crippen LogP contribution < -0.4 is 0 Å². The molecule has 0 aromatic heterocycles. The summed E-state index contributed by atoms with van der Waals surface area (Å²) in [5.41, 5.74) is 14.0. The van der Waals surface area contributed by atoms with Gasteiger partial charge in [-0.3, -0.25) is 0 Å². The molecule has 2 radical (unpaired) electrons. The first kappa shape index (κ1) is 38.4. The summed E-state index contributed by atoms with van der Waals surface area (Å²) in [5, 5.41) is 5.51. The van der Waals surface area contributed by atoms with Crippen molar-refractivity contribution in [3.8, 4) is 22.3 Å². The summed E-state index contributed by atoms with van der Waals surface area (Å²) in [6.45, 7) is 23.3. The topological polar surface area (TPSA) is 0 Å². The summed E-state index contributed by atoms with van der Waals surface area (Å²) in [4.78, 5) is 0. The normalized spacial score (nSPS) is 10.8. The van der Waals surface area contributed by atoms with E-state index in [0.717, 1.165) is 0 Å². The molecule has 0 bridgehead atoms. The van der Waals surface area contributed by atoms with Gasteiger partial charge >= 0.3 is 30.2 Å². The summed E-state index contributed by atoms with van der Waals surface area (Å²) in [6, 6.07) is 35.6. The molecule has 0 N–H and O–H groups in total. The summed E-state index contributed by atoms with van der Waals surface area (Å²) in [5.74, 6) is 0.584. The molecule has 0 aliphatic heterocycles. The van der Waals surface area contributed by atoms with E-state index in [1.807, 2.05) is 0 Å². The Morgan fingerprint density at radius 3 is 1.84 bits per heavy atom. The molecule has 0 heterocycles. The Morgan fingerprint density at radius 2 is 1.27 bits per heavy atom. The van der Waals surface area contributed by atoms with Crippen molar-refractivity contribution >= 4 is 28.4 Å². The summed E-state index contributed by atoms with van der Waals surface area (Å²) >= 11 is 1.36. The van der Waals surface area contributed by atoms with Crippen LogP contribution in [0.2, 0.25) is 0 Å². The van der Waals surface area contributed by atoms with Crippen LogP contribution in [0.25, 0.3) is 43.8 Å². The van der Waals surface area contributed by atoms with Crippen molar-refractivity contribution in [2.45, 2.75) is 73.6 Å². The Balaban J connectivity index is 0.000000291. The molecule has 0 spiro atoms. The van der Waals surface area contributed by atoms with Gasteiger partial charge in [0.1, 0.15) is 0 Å². The minimum atomic E-state index is 0. The number of rotatable bonds is 3. The van der Waals surface area contributed by atoms with Gasteiger partial charge in [-0.2, -0.15) is 12.1 Å². The predicted octanol–water partition coefficient (Wildman–Crippen LogP) is 12.6. The van der Waals surface area contributed by atoms with Crippen molar-refractivity contribution in [1.29, 1.82) is 0 Å².